The number of nitrogens with zero attached hydrogens (tertiary/aromatic N) is 1. The van der Waals surface area contributed by atoms with E-state index in [1.165, 1.54) is 9.35 Å². The molecule has 0 atom stereocenters. The van der Waals surface area contributed by atoms with Gasteiger partial charge in [0.1, 0.15) is 0 Å². The molecule has 2 rings (SSSR count). The van der Waals surface area contributed by atoms with E-state index in [1.807, 2.05) is 0 Å². The zero-order chi connectivity index (χ0) is 10.7. The molecule has 0 aliphatic carbocycles. The molecule has 1 amide bonds. The molecule has 1 saturated heterocycles. The molecule has 82 valence electrons. The maximum absolute atomic E-state index is 11.2. The van der Waals surface area contributed by atoms with E-state index in [9.17, 15) is 4.79 Å². The number of carbonyl (C=O) groups is 1. The minimum Gasteiger partial charge on any atom is -0.355 e. The minimum absolute atomic E-state index is 0.168. The first-order chi connectivity index (χ1) is 7.25. The smallest absolute Gasteiger partial charge is 0.221 e. The van der Waals surface area contributed by atoms with E-state index >= 15 is 0 Å². The summed E-state index contributed by atoms with van der Waals surface area (Å²) in [6.45, 7) is 3.49. The van der Waals surface area contributed by atoms with Gasteiger partial charge in [0, 0.05) is 32.6 Å². The van der Waals surface area contributed by atoms with E-state index in [1.54, 1.807) is 11.3 Å². The second kappa shape index (κ2) is 5.09. The predicted octanol–water partition coefficient (Wildman–Crippen LogP) is 1.83. The van der Waals surface area contributed by atoms with Crippen molar-refractivity contribution in [1.82, 2.24) is 10.2 Å². The molecule has 5 heteroatoms. The van der Waals surface area contributed by atoms with Crippen LogP contribution in [-0.4, -0.2) is 30.4 Å². The fraction of sp³-hybridized carbons (Fsp3) is 0.500. The van der Waals surface area contributed by atoms with Gasteiger partial charge in [-0.15, -0.1) is 11.3 Å². The molecule has 1 aromatic rings. The zero-order valence-corrected chi connectivity index (χ0v) is 10.7. The van der Waals surface area contributed by atoms with Gasteiger partial charge in [-0.05, 0) is 32.9 Å². The van der Waals surface area contributed by atoms with Crippen LogP contribution in [0, 0.1) is 0 Å². The Balaban J connectivity index is 1.94. The number of amides is 1. The number of hydrogen-bond acceptors (Lipinski definition) is 3. The van der Waals surface area contributed by atoms with E-state index in [4.69, 9.17) is 0 Å². The molecular weight excluding hydrogens is 276 g/mol. The van der Waals surface area contributed by atoms with Crippen LogP contribution >= 0.6 is 27.3 Å². The van der Waals surface area contributed by atoms with Crippen molar-refractivity contribution in [3.8, 4) is 0 Å². The molecular formula is C10H13BrN2OS. The largest absolute Gasteiger partial charge is 0.355 e. The summed E-state index contributed by atoms with van der Waals surface area (Å²) in [5.41, 5.74) is 1.31. The predicted molar refractivity (Wildman–Crippen MR) is 64.9 cm³/mol. The number of thiophene rings is 1. The molecule has 1 N–H and O–H groups in total. The normalized spacial score (nSPS) is 18.6. The Morgan fingerprint density at radius 2 is 2.40 bits per heavy atom. The summed E-state index contributed by atoms with van der Waals surface area (Å²) in [6.07, 6.45) is 0.613. The third-order valence-corrected chi connectivity index (χ3v) is 4.30. The number of rotatable bonds is 2. The lowest BCUT2D eigenvalue weighted by molar-refractivity contribution is -0.120. The first-order valence-corrected chi connectivity index (χ1v) is 6.64. The van der Waals surface area contributed by atoms with Gasteiger partial charge in [0.15, 0.2) is 0 Å². The van der Waals surface area contributed by atoms with Crippen LogP contribution in [0.4, 0.5) is 0 Å². The third kappa shape index (κ3) is 3.03. The summed E-state index contributed by atoms with van der Waals surface area (Å²) in [5, 5.41) is 4.96. The second-order valence-corrected chi connectivity index (χ2v) is 5.83. The summed E-state index contributed by atoms with van der Waals surface area (Å²) >= 11 is 5.24. The molecule has 0 saturated carbocycles. The molecule has 1 aliphatic rings. The van der Waals surface area contributed by atoms with Crippen LogP contribution in [-0.2, 0) is 11.3 Å². The van der Waals surface area contributed by atoms with Crippen LogP contribution in [0.15, 0.2) is 15.2 Å². The monoisotopic (exact) mass is 288 g/mol. The average Bonchev–Trinajstić information content (AvgIpc) is 2.48. The topological polar surface area (TPSA) is 32.3 Å². The second-order valence-electron chi connectivity index (χ2n) is 3.60. The lowest BCUT2D eigenvalue weighted by atomic mass is 10.3. The van der Waals surface area contributed by atoms with Crippen molar-refractivity contribution in [3.05, 3.63) is 20.8 Å². The molecule has 0 bridgehead atoms. The Bertz CT molecular complexity index is 353. The van der Waals surface area contributed by atoms with Crippen molar-refractivity contribution < 1.29 is 4.79 Å². The first kappa shape index (κ1) is 11.1. The van der Waals surface area contributed by atoms with Gasteiger partial charge in [0.05, 0.1) is 3.79 Å². The SMILES string of the molecule is O=C1CCN(Cc2ccsc2Br)CCN1. The maximum Gasteiger partial charge on any atom is 0.221 e. The summed E-state index contributed by atoms with van der Waals surface area (Å²) in [4.78, 5) is 13.5. The van der Waals surface area contributed by atoms with E-state index in [0.29, 0.717) is 6.42 Å². The Labute approximate surface area is 102 Å². The van der Waals surface area contributed by atoms with Crippen molar-refractivity contribution in [2.75, 3.05) is 19.6 Å². The summed E-state index contributed by atoms with van der Waals surface area (Å²) in [5.74, 6) is 0.168. The molecule has 1 aliphatic heterocycles. The highest BCUT2D eigenvalue weighted by molar-refractivity contribution is 9.11. The van der Waals surface area contributed by atoms with E-state index in [-0.39, 0.29) is 5.91 Å². The van der Waals surface area contributed by atoms with Gasteiger partial charge in [-0.1, -0.05) is 0 Å². The Kier molecular flexibility index (Phi) is 3.77. The number of nitrogens with one attached hydrogen (secondary N) is 1. The van der Waals surface area contributed by atoms with Crippen LogP contribution in [0.1, 0.15) is 12.0 Å². The molecule has 2 heterocycles. The van der Waals surface area contributed by atoms with Crippen molar-refractivity contribution in [3.63, 3.8) is 0 Å². The van der Waals surface area contributed by atoms with Crippen LogP contribution in [0.2, 0.25) is 0 Å². The average molecular weight is 289 g/mol. The fourth-order valence-electron chi connectivity index (χ4n) is 1.64. The van der Waals surface area contributed by atoms with E-state index < -0.39 is 0 Å². The molecule has 0 unspecified atom stereocenters. The fourth-order valence-corrected chi connectivity index (χ4v) is 2.86. The van der Waals surface area contributed by atoms with E-state index in [0.717, 1.165) is 26.2 Å². The summed E-state index contributed by atoms with van der Waals surface area (Å²) < 4.78 is 1.20. The Hall–Kier alpha value is -0.390. The molecule has 15 heavy (non-hydrogen) atoms. The summed E-state index contributed by atoms with van der Waals surface area (Å²) in [7, 11) is 0. The van der Waals surface area contributed by atoms with Crippen molar-refractivity contribution in [2.45, 2.75) is 13.0 Å². The zero-order valence-electron chi connectivity index (χ0n) is 8.33. The van der Waals surface area contributed by atoms with Crippen LogP contribution < -0.4 is 5.32 Å². The van der Waals surface area contributed by atoms with Crippen LogP contribution in [0.25, 0.3) is 0 Å². The number of hydrogen-bond donors (Lipinski definition) is 1. The van der Waals surface area contributed by atoms with E-state index in [2.05, 4.69) is 37.6 Å². The standard InChI is InChI=1S/C10H13BrN2OS/c11-10-8(2-6-15-10)7-13-4-1-9(14)12-3-5-13/h2,6H,1,3-5,7H2,(H,12,14). The third-order valence-electron chi connectivity index (χ3n) is 2.49. The highest BCUT2D eigenvalue weighted by Crippen LogP contribution is 2.24. The van der Waals surface area contributed by atoms with Gasteiger partial charge < -0.3 is 5.32 Å². The van der Waals surface area contributed by atoms with Gasteiger partial charge in [-0.25, -0.2) is 0 Å². The molecule has 0 aromatic carbocycles. The molecule has 0 radical (unpaired) electrons. The summed E-state index contributed by atoms with van der Waals surface area (Å²) in [6, 6.07) is 2.13. The lowest BCUT2D eigenvalue weighted by Gasteiger charge is -2.18. The molecule has 1 aromatic heterocycles. The Morgan fingerprint density at radius 3 is 3.13 bits per heavy atom. The van der Waals surface area contributed by atoms with Crippen molar-refractivity contribution in [2.24, 2.45) is 0 Å². The highest BCUT2D eigenvalue weighted by atomic mass is 79.9. The van der Waals surface area contributed by atoms with Crippen LogP contribution in [0.3, 0.4) is 0 Å². The first-order valence-electron chi connectivity index (χ1n) is 4.96. The highest BCUT2D eigenvalue weighted by Gasteiger charge is 2.14. The van der Waals surface area contributed by atoms with Crippen molar-refractivity contribution in [1.29, 1.82) is 0 Å². The number of halogens is 1. The van der Waals surface area contributed by atoms with Gasteiger partial charge in [-0.2, -0.15) is 0 Å². The van der Waals surface area contributed by atoms with Gasteiger partial charge in [0.2, 0.25) is 5.91 Å². The maximum atomic E-state index is 11.2. The van der Waals surface area contributed by atoms with Crippen LogP contribution in [0.5, 0.6) is 0 Å². The molecule has 0 spiro atoms. The Morgan fingerprint density at radius 1 is 1.53 bits per heavy atom. The number of carbonyl (C=O) groups excluding carboxylic acids is 1. The molecule has 3 nitrogen and oxygen atoms in total. The van der Waals surface area contributed by atoms with Gasteiger partial charge in [0.25, 0.3) is 0 Å². The van der Waals surface area contributed by atoms with Crippen molar-refractivity contribution >= 4 is 33.2 Å². The van der Waals surface area contributed by atoms with Gasteiger partial charge in [-0.3, -0.25) is 9.69 Å². The molecule has 1 fully saturated rings. The lowest BCUT2D eigenvalue weighted by Crippen LogP contribution is -2.28. The minimum atomic E-state index is 0.168. The quantitative estimate of drug-likeness (QED) is 0.901. The van der Waals surface area contributed by atoms with Gasteiger partial charge >= 0.3 is 0 Å².